The number of likely N-dealkylation sites (tertiary alicyclic amines) is 1. The lowest BCUT2D eigenvalue weighted by molar-refractivity contribution is -0.133. The molecule has 0 N–H and O–H groups in total. The van der Waals surface area contributed by atoms with Crippen LogP contribution in [0.5, 0.6) is 0 Å². The van der Waals surface area contributed by atoms with Gasteiger partial charge in [0.1, 0.15) is 5.78 Å². The Morgan fingerprint density at radius 1 is 1.31 bits per heavy atom. The van der Waals surface area contributed by atoms with Crippen molar-refractivity contribution in [2.24, 2.45) is 11.3 Å². The summed E-state index contributed by atoms with van der Waals surface area (Å²) >= 11 is 0. The molecule has 3 heteroatoms. The molecule has 0 bridgehead atoms. The molecule has 16 heavy (non-hydrogen) atoms. The van der Waals surface area contributed by atoms with Crippen LogP contribution in [0.15, 0.2) is 0 Å². The van der Waals surface area contributed by atoms with Crippen molar-refractivity contribution in [1.29, 1.82) is 0 Å². The first-order chi connectivity index (χ1) is 7.29. The SMILES string of the molecule is CC(=O)N1CCCC(C(=O)CC(C)(C)C)C1. The van der Waals surface area contributed by atoms with Crippen molar-refractivity contribution in [3.05, 3.63) is 0 Å². The van der Waals surface area contributed by atoms with Gasteiger partial charge < -0.3 is 4.90 Å². The van der Waals surface area contributed by atoms with E-state index in [1.807, 2.05) is 0 Å². The molecular weight excluding hydrogens is 202 g/mol. The zero-order valence-corrected chi connectivity index (χ0v) is 10.9. The lowest BCUT2D eigenvalue weighted by Gasteiger charge is -2.32. The number of rotatable bonds is 2. The average Bonchev–Trinajstić information content (AvgIpc) is 2.15. The number of carbonyl (C=O) groups excluding carboxylic acids is 2. The van der Waals surface area contributed by atoms with Crippen molar-refractivity contribution < 1.29 is 9.59 Å². The van der Waals surface area contributed by atoms with Crippen LogP contribution in [0, 0.1) is 11.3 Å². The highest BCUT2D eigenvalue weighted by Crippen LogP contribution is 2.25. The summed E-state index contributed by atoms with van der Waals surface area (Å²) in [7, 11) is 0. The molecule has 92 valence electrons. The molecule has 0 aromatic heterocycles. The van der Waals surface area contributed by atoms with Crippen molar-refractivity contribution in [3.8, 4) is 0 Å². The number of ketones is 1. The highest BCUT2D eigenvalue weighted by molar-refractivity contribution is 5.83. The molecule has 1 aliphatic heterocycles. The van der Waals surface area contributed by atoms with Crippen LogP contribution in [0.25, 0.3) is 0 Å². The summed E-state index contributed by atoms with van der Waals surface area (Å²) in [6.07, 6.45) is 2.52. The van der Waals surface area contributed by atoms with Gasteiger partial charge in [-0.2, -0.15) is 0 Å². The monoisotopic (exact) mass is 225 g/mol. The first-order valence-electron chi connectivity index (χ1n) is 6.08. The maximum Gasteiger partial charge on any atom is 0.219 e. The van der Waals surface area contributed by atoms with Crippen LogP contribution in [-0.4, -0.2) is 29.7 Å². The van der Waals surface area contributed by atoms with Gasteiger partial charge >= 0.3 is 0 Å². The van der Waals surface area contributed by atoms with Gasteiger partial charge in [-0.3, -0.25) is 9.59 Å². The van der Waals surface area contributed by atoms with Gasteiger partial charge in [0.2, 0.25) is 5.91 Å². The predicted molar refractivity (Wildman–Crippen MR) is 64.1 cm³/mol. The Hall–Kier alpha value is -0.860. The first kappa shape index (κ1) is 13.2. The fourth-order valence-electron chi connectivity index (χ4n) is 2.19. The zero-order valence-electron chi connectivity index (χ0n) is 10.9. The first-order valence-corrected chi connectivity index (χ1v) is 6.08. The van der Waals surface area contributed by atoms with Crippen LogP contribution >= 0.6 is 0 Å². The van der Waals surface area contributed by atoms with Crippen LogP contribution < -0.4 is 0 Å². The predicted octanol–water partition coefficient (Wildman–Crippen LogP) is 2.25. The quantitative estimate of drug-likeness (QED) is 0.723. The summed E-state index contributed by atoms with van der Waals surface area (Å²) in [5, 5.41) is 0. The van der Waals surface area contributed by atoms with Crippen molar-refractivity contribution in [2.75, 3.05) is 13.1 Å². The third-order valence-electron chi connectivity index (χ3n) is 3.03. The standard InChI is InChI=1S/C13H23NO2/c1-10(15)14-7-5-6-11(9-14)12(16)8-13(2,3)4/h11H,5-9H2,1-4H3. The minimum absolute atomic E-state index is 0.0512. The minimum Gasteiger partial charge on any atom is -0.342 e. The van der Waals surface area contributed by atoms with Crippen LogP contribution in [-0.2, 0) is 9.59 Å². The summed E-state index contributed by atoms with van der Waals surface area (Å²) in [5.41, 5.74) is 0.0512. The number of hydrogen-bond acceptors (Lipinski definition) is 2. The molecule has 1 saturated heterocycles. The highest BCUT2D eigenvalue weighted by Gasteiger charge is 2.29. The van der Waals surface area contributed by atoms with E-state index in [2.05, 4.69) is 20.8 Å². The molecule has 1 heterocycles. The van der Waals surface area contributed by atoms with Crippen LogP contribution in [0.3, 0.4) is 0 Å². The average molecular weight is 225 g/mol. The topological polar surface area (TPSA) is 37.4 Å². The smallest absolute Gasteiger partial charge is 0.219 e. The summed E-state index contributed by atoms with van der Waals surface area (Å²) in [6, 6.07) is 0. The second-order valence-electron chi connectivity index (χ2n) is 6.01. The van der Waals surface area contributed by atoms with Gasteiger partial charge in [-0.25, -0.2) is 0 Å². The fraction of sp³-hybridized carbons (Fsp3) is 0.846. The number of piperidine rings is 1. The highest BCUT2D eigenvalue weighted by atomic mass is 16.2. The molecule has 0 aliphatic carbocycles. The Kier molecular flexibility index (Phi) is 4.11. The number of amides is 1. The molecular formula is C13H23NO2. The van der Waals surface area contributed by atoms with Crippen molar-refractivity contribution in [1.82, 2.24) is 4.90 Å². The van der Waals surface area contributed by atoms with E-state index >= 15 is 0 Å². The normalized spacial score (nSPS) is 22.0. The summed E-state index contributed by atoms with van der Waals surface area (Å²) < 4.78 is 0. The molecule has 1 amide bonds. The van der Waals surface area contributed by atoms with E-state index in [9.17, 15) is 9.59 Å². The van der Waals surface area contributed by atoms with Crippen molar-refractivity contribution >= 4 is 11.7 Å². The Labute approximate surface area is 98.2 Å². The number of hydrogen-bond donors (Lipinski definition) is 0. The molecule has 1 fully saturated rings. The van der Waals surface area contributed by atoms with Crippen LogP contribution in [0.4, 0.5) is 0 Å². The molecule has 1 unspecified atom stereocenters. The maximum atomic E-state index is 12.0. The molecule has 0 spiro atoms. The van der Waals surface area contributed by atoms with Crippen molar-refractivity contribution in [2.45, 2.75) is 47.0 Å². The van der Waals surface area contributed by atoms with E-state index in [0.717, 1.165) is 19.4 Å². The minimum atomic E-state index is 0.0512. The van der Waals surface area contributed by atoms with Gasteiger partial charge in [0.15, 0.2) is 0 Å². The molecule has 0 radical (unpaired) electrons. The molecule has 1 rings (SSSR count). The second-order valence-corrected chi connectivity index (χ2v) is 6.01. The van der Waals surface area contributed by atoms with Gasteiger partial charge in [0.25, 0.3) is 0 Å². The van der Waals surface area contributed by atoms with Gasteiger partial charge in [-0.15, -0.1) is 0 Å². The molecule has 0 saturated carbocycles. The van der Waals surface area contributed by atoms with Crippen LogP contribution in [0.1, 0.15) is 47.0 Å². The number of nitrogens with zero attached hydrogens (tertiary/aromatic N) is 1. The van der Waals surface area contributed by atoms with E-state index in [4.69, 9.17) is 0 Å². The van der Waals surface area contributed by atoms with Gasteiger partial charge in [0, 0.05) is 32.4 Å². The lowest BCUT2D eigenvalue weighted by Crippen LogP contribution is -2.41. The second kappa shape index (κ2) is 4.98. The van der Waals surface area contributed by atoms with Gasteiger partial charge in [-0.05, 0) is 18.3 Å². The van der Waals surface area contributed by atoms with E-state index in [-0.39, 0.29) is 17.2 Å². The third kappa shape index (κ3) is 3.95. The summed E-state index contributed by atoms with van der Waals surface area (Å²) in [5.74, 6) is 0.476. The molecule has 1 atom stereocenters. The Balaban J connectivity index is 2.54. The Bertz CT molecular complexity index is 278. The van der Waals surface area contributed by atoms with E-state index in [0.29, 0.717) is 18.7 Å². The summed E-state index contributed by atoms with van der Waals surface area (Å²) in [6.45, 7) is 9.26. The number of Topliss-reactive ketones (excluding diaryl/α,β-unsaturated/α-hetero) is 1. The van der Waals surface area contributed by atoms with E-state index in [1.54, 1.807) is 11.8 Å². The molecule has 3 nitrogen and oxygen atoms in total. The van der Waals surface area contributed by atoms with Crippen molar-refractivity contribution in [3.63, 3.8) is 0 Å². The molecule has 0 aromatic rings. The zero-order chi connectivity index (χ0) is 12.3. The van der Waals surface area contributed by atoms with E-state index < -0.39 is 0 Å². The fourth-order valence-corrected chi connectivity index (χ4v) is 2.19. The lowest BCUT2D eigenvalue weighted by atomic mass is 9.83. The Morgan fingerprint density at radius 3 is 2.44 bits per heavy atom. The van der Waals surface area contributed by atoms with Gasteiger partial charge in [0.05, 0.1) is 0 Å². The van der Waals surface area contributed by atoms with Gasteiger partial charge in [-0.1, -0.05) is 20.8 Å². The summed E-state index contributed by atoms with van der Waals surface area (Å²) in [4.78, 5) is 25.1. The largest absolute Gasteiger partial charge is 0.342 e. The van der Waals surface area contributed by atoms with E-state index in [1.165, 1.54) is 0 Å². The number of carbonyl (C=O) groups is 2. The third-order valence-corrected chi connectivity index (χ3v) is 3.03. The molecule has 0 aromatic carbocycles. The Morgan fingerprint density at radius 2 is 1.94 bits per heavy atom. The molecule has 1 aliphatic rings. The van der Waals surface area contributed by atoms with Crippen LogP contribution in [0.2, 0.25) is 0 Å². The maximum absolute atomic E-state index is 12.0.